The predicted molar refractivity (Wildman–Crippen MR) is 118 cm³/mol. The minimum atomic E-state index is -0.503. The van der Waals surface area contributed by atoms with E-state index in [1.807, 2.05) is 69.3 Å². The van der Waals surface area contributed by atoms with E-state index in [0.29, 0.717) is 17.9 Å². The van der Waals surface area contributed by atoms with Gasteiger partial charge in [-0.05, 0) is 35.9 Å². The average Bonchev–Trinajstić information content (AvgIpc) is 2.73. The molecule has 1 heterocycles. The first-order valence-electron chi connectivity index (χ1n) is 9.74. The Balaban J connectivity index is 1.88. The van der Waals surface area contributed by atoms with Crippen molar-refractivity contribution in [2.24, 2.45) is 5.41 Å². The largest absolute Gasteiger partial charge is 0.496 e. The zero-order valence-electron chi connectivity index (χ0n) is 18.0. The van der Waals surface area contributed by atoms with Crippen LogP contribution in [-0.4, -0.2) is 30.1 Å². The molecule has 0 fully saturated rings. The summed E-state index contributed by atoms with van der Waals surface area (Å²) in [5, 5.41) is 2.97. The summed E-state index contributed by atoms with van der Waals surface area (Å²) in [4.78, 5) is 21.3. The van der Waals surface area contributed by atoms with Crippen LogP contribution in [0, 0.1) is 5.41 Å². The smallest absolute Gasteiger partial charge is 0.229 e. The Morgan fingerprint density at radius 2 is 1.70 bits per heavy atom. The maximum absolute atomic E-state index is 12.4. The van der Waals surface area contributed by atoms with E-state index in [1.165, 1.54) is 0 Å². The van der Waals surface area contributed by atoms with Crippen molar-refractivity contribution in [3.8, 4) is 22.8 Å². The first-order chi connectivity index (χ1) is 14.3. The molecule has 0 spiro atoms. The average molecular weight is 405 g/mol. The van der Waals surface area contributed by atoms with E-state index in [0.717, 1.165) is 28.3 Å². The molecule has 0 saturated heterocycles. The third-order valence-corrected chi connectivity index (χ3v) is 4.69. The second kappa shape index (κ2) is 8.95. The van der Waals surface area contributed by atoms with Gasteiger partial charge in [-0.15, -0.1) is 0 Å². The van der Waals surface area contributed by atoms with Crippen LogP contribution < -0.4 is 14.8 Å². The van der Waals surface area contributed by atoms with E-state index in [4.69, 9.17) is 9.47 Å². The fourth-order valence-electron chi connectivity index (χ4n) is 2.98. The monoisotopic (exact) mass is 405 g/mol. The number of carbonyl (C=O) groups excluding carboxylic acids is 1. The molecule has 0 radical (unpaired) electrons. The minimum Gasteiger partial charge on any atom is -0.496 e. The number of para-hydroxylation sites is 1. The molecule has 2 aromatic carbocycles. The molecule has 1 N–H and O–H groups in total. The van der Waals surface area contributed by atoms with Crippen molar-refractivity contribution in [3.05, 3.63) is 66.1 Å². The van der Waals surface area contributed by atoms with Crippen LogP contribution in [0.25, 0.3) is 11.3 Å². The van der Waals surface area contributed by atoms with Crippen LogP contribution in [0.15, 0.2) is 54.9 Å². The third kappa shape index (κ3) is 4.95. The summed E-state index contributed by atoms with van der Waals surface area (Å²) < 4.78 is 10.9. The van der Waals surface area contributed by atoms with Gasteiger partial charge in [0.1, 0.15) is 17.8 Å². The highest BCUT2D eigenvalue weighted by atomic mass is 16.5. The normalized spacial score (nSPS) is 11.1. The zero-order chi connectivity index (χ0) is 21.7. The second-order valence-electron chi connectivity index (χ2n) is 8.01. The Bertz CT molecular complexity index is 1040. The summed E-state index contributed by atoms with van der Waals surface area (Å²) >= 11 is 0. The standard InChI is InChI=1S/C24H27N3O3/c1-24(2,3)23(28)27-20-13-16(10-11-22(20)30-5)12-17-14-19(26-15-25-17)18-8-6-7-9-21(18)29-4/h6-11,13-15H,12H2,1-5H3,(H,27,28). The maximum Gasteiger partial charge on any atom is 0.229 e. The van der Waals surface area contributed by atoms with Crippen LogP contribution in [0.5, 0.6) is 11.5 Å². The Morgan fingerprint density at radius 1 is 0.967 bits per heavy atom. The third-order valence-electron chi connectivity index (χ3n) is 4.69. The van der Waals surface area contributed by atoms with E-state index in [1.54, 1.807) is 20.5 Å². The van der Waals surface area contributed by atoms with Gasteiger partial charge in [-0.2, -0.15) is 0 Å². The number of methoxy groups -OCH3 is 2. The number of amides is 1. The van der Waals surface area contributed by atoms with Gasteiger partial charge in [0, 0.05) is 23.1 Å². The van der Waals surface area contributed by atoms with Crippen molar-refractivity contribution in [2.75, 3.05) is 19.5 Å². The van der Waals surface area contributed by atoms with Crippen LogP contribution in [0.3, 0.4) is 0 Å². The molecular weight excluding hydrogens is 378 g/mol. The first-order valence-corrected chi connectivity index (χ1v) is 9.74. The first kappa shape index (κ1) is 21.3. The van der Waals surface area contributed by atoms with Crippen molar-refractivity contribution in [2.45, 2.75) is 27.2 Å². The van der Waals surface area contributed by atoms with Crippen LogP contribution >= 0.6 is 0 Å². The predicted octanol–water partition coefficient (Wildman–Crippen LogP) is 4.74. The highest BCUT2D eigenvalue weighted by Gasteiger charge is 2.22. The van der Waals surface area contributed by atoms with E-state index in [-0.39, 0.29) is 5.91 Å². The van der Waals surface area contributed by atoms with Gasteiger partial charge in [0.05, 0.1) is 25.6 Å². The summed E-state index contributed by atoms with van der Waals surface area (Å²) in [6.07, 6.45) is 2.15. The van der Waals surface area contributed by atoms with Crippen LogP contribution in [0.4, 0.5) is 5.69 Å². The number of rotatable bonds is 6. The lowest BCUT2D eigenvalue weighted by atomic mass is 9.95. The second-order valence-corrected chi connectivity index (χ2v) is 8.01. The number of aromatic nitrogens is 2. The minimum absolute atomic E-state index is 0.0709. The number of carbonyl (C=O) groups is 1. The summed E-state index contributed by atoms with van der Waals surface area (Å²) in [6.45, 7) is 5.62. The Hall–Kier alpha value is -3.41. The van der Waals surface area contributed by atoms with E-state index < -0.39 is 5.41 Å². The van der Waals surface area contributed by atoms with Gasteiger partial charge in [0.2, 0.25) is 5.91 Å². The number of nitrogens with one attached hydrogen (secondary N) is 1. The molecule has 1 amide bonds. The fraction of sp³-hybridized carbons (Fsp3) is 0.292. The maximum atomic E-state index is 12.4. The van der Waals surface area contributed by atoms with E-state index >= 15 is 0 Å². The quantitative estimate of drug-likeness (QED) is 0.641. The zero-order valence-corrected chi connectivity index (χ0v) is 18.0. The lowest BCUT2D eigenvalue weighted by Gasteiger charge is -2.19. The number of hydrogen-bond donors (Lipinski definition) is 1. The van der Waals surface area contributed by atoms with Gasteiger partial charge in [-0.3, -0.25) is 4.79 Å². The van der Waals surface area contributed by atoms with E-state index in [9.17, 15) is 4.79 Å². The Labute approximate surface area is 177 Å². The lowest BCUT2D eigenvalue weighted by molar-refractivity contribution is -0.123. The molecule has 0 aliphatic heterocycles. The highest BCUT2D eigenvalue weighted by Crippen LogP contribution is 2.30. The molecule has 3 aromatic rings. The van der Waals surface area contributed by atoms with E-state index in [2.05, 4.69) is 15.3 Å². The summed E-state index contributed by atoms with van der Waals surface area (Å²) in [6, 6.07) is 15.5. The van der Waals surface area contributed by atoms with Crippen LogP contribution in [0.2, 0.25) is 0 Å². The van der Waals surface area contributed by atoms with Gasteiger partial charge in [0.25, 0.3) is 0 Å². The fourth-order valence-corrected chi connectivity index (χ4v) is 2.98. The molecule has 156 valence electrons. The van der Waals surface area contributed by atoms with Gasteiger partial charge < -0.3 is 14.8 Å². The molecule has 0 atom stereocenters. The van der Waals surface area contributed by atoms with Gasteiger partial charge in [-0.1, -0.05) is 39.0 Å². The van der Waals surface area contributed by atoms with Gasteiger partial charge in [-0.25, -0.2) is 9.97 Å². The van der Waals surface area contributed by atoms with Crippen molar-refractivity contribution in [3.63, 3.8) is 0 Å². The summed E-state index contributed by atoms with van der Waals surface area (Å²) in [7, 11) is 3.23. The molecule has 0 bridgehead atoms. The van der Waals surface area contributed by atoms with Crippen molar-refractivity contribution < 1.29 is 14.3 Å². The topological polar surface area (TPSA) is 73.3 Å². The highest BCUT2D eigenvalue weighted by molar-refractivity contribution is 5.95. The number of nitrogens with zero attached hydrogens (tertiary/aromatic N) is 2. The molecule has 6 heteroatoms. The molecular formula is C24H27N3O3. The molecule has 0 saturated carbocycles. The number of hydrogen-bond acceptors (Lipinski definition) is 5. The molecule has 0 unspecified atom stereocenters. The number of benzene rings is 2. The summed E-state index contributed by atoms with van der Waals surface area (Å²) in [5.41, 5.74) is 3.73. The molecule has 0 aliphatic rings. The molecule has 30 heavy (non-hydrogen) atoms. The lowest BCUT2D eigenvalue weighted by Crippen LogP contribution is -2.27. The Morgan fingerprint density at radius 3 is 2.40 bits per heavy atom. The molecule has 0 aliphatic carbocycles. The SMILES string of the molecule is COc1ccc(Cc2cc(-c3ccccc3OC)ncn2)cc1NC(=O)C(C)(C)C. The van der Waals surface area contributed by atoms with Crippen molar-refractivity contribution in [1.82, 2.24) is 9.97 Å². The molecule has 6 nitrogen and oxygen atoms in total. The van der Waals surface area contributed by atoms with Gasteiger partial charge >= 0.3 is 0 Å². The van der Waals surface area contributed by atoms with Gasteiger partial charge in [0.15, 0.2) is 0 Å². The number of ether oxygens (including phenoxy) is 2. The summed E-state index contributed by atoms with van der Waals surface area (Å²) in [5.74, 6) is 1.31. The van der Waals surface area contributed by atoms with Crippen molar-refractivity contribution >= 4 is 11.6 Å². The van der Waals surface area contributed by atoms with Crippen molar-refractivity contribution in [1.29, 1.82) is 0 Å². The Kier molecular flexibility index (Phi) is 6.35. The van der Waals surface area contributed by atoms with Crippen LogP contribution in [0.1, 0.15) is 32.0 Å². The molecule has 3 rings (SSSR count). The molecule has 1 aromatic heterocycles. The number of anilines is 1. The van der Waals surface area contributed by atoms with Crippen LogP contribution in [-0.2, 0) is 11.2 Å².